The molecule has 0 aromatic heterocycles. The first kappa shape index (κ1) is 12.3. The summed E-state index contributed by atoms with van der Waals surface area (Å²) in [5, 5.41) is 9.12. The van der Waals surface area contributed by atoms with Crippen LogP contribution in [0.5, 0.6) is 0 Å². The minimum absolute atomic E-state index is 0.0100. The number of likely N-dealkylation sites (tertiary alicyclic amines) is 1. The predicted octanol–water partition coefficient (Wildman–Crippen LogP) is -0.607. The van der Waals surface area contributed by atoms with Crippen LogP contribution < -0.4 is 0 Å². The summed E-state index contributed by atoms with van der Waals surface area (Å²) in [5.74, 6) is -1.17. The van der Waals surface area contributed by atoms with Crippen molar-refractivity contribution in [3.8, 4) is 0 Å². The minimum atomic E-state index is -0.975. The molecule has 1 unspecified atom stereocenters. The first-order valence-corrected chi connectivity index (χ1v) is 5.90. The van der Waals surface area contributed by atoms with Gasteiger partial charge in [-0.25, -0.2) is 4.79 Å². The molecule has 6 heteroatoms. The topological polar surface area (TPSA) is 70.1 Å². The van der Waals surface area contributed by atoms with Crippen LogP contribution in [0.4, 0.5) is 0 Å². The summed E-state index contributed by atoms with van der Waals surface area (Å²) < 4.78 is 5.02. The van der Waals surface area contributed by atoms with E-state index in [9.17, 15) is 9.59 Å². The van der Waals surface area contributed by atoms with Gasteiger partial charge in [0.25, 0.3) is 0 Å². The van der Waals surface area contributed by atoms with Gasteiger partial charge in [-0.2, -0.15) is 0 Å². The van der Waals surface area contributed by atoms with E-state index in [1.54, 1.807) is 0 Å². The summed E-state index contributed by atoms with van der Waals surface area (Å²) in [4.78, 5) is 26.7. The second-order valence-electron chi connectivity index (χ2n) is 4.70. The second-order valence-corrected chi connectivity index (χ2v) is 4.70. The highest BCUT2D eigenvalue weighted by atomic mass is 16.5. The van der Waals surface area contributed by atoms with E-state index >= 15 is 0 Å². The van der Waals surface area contributed by atoms with E-state index in [-0.39, 0.29) is 25.2 Å². The Kier molecular flexibility index (Phi) is 3.63. The molecule has 0 spiro atoms. The summed E-state index contributed by atoms with van der Waals surface area (Å²) in [6.45, 7) is 1.92. The maximum Gasteiger partial charge on any atom is 0.328 e. The minimum Gasteiger partial charge on any atom is -0.480 e. The van der Waals surface area contributed by atoms with Gasteiger partial charge in [0.05, 0.1) is 6.61 Å². The van der Waals surface area contributed by atoms with Crippen LogP contribution in [0, 0.1) is 0 Å². The lowest BCUT2D eigenvalue weighted by Gasteiger charge is -2.42. The first-order valence-electron chi connectivity index (χ1n) is 5.90. The average molecular weight is 242 g/mol. The Morgan fingerprint density at radius 2 is 2.06 bits per heavy atom. The van der Waals surface area contributed by atoms with E-state index in [2.05, 4.69) is 4.90 Å². The third-order valence-electron chi connectivity index (χ3n) is 3.49. The molecule has 1 atom stereocenters. The molecule has 0 aliphatic carbocycles. The van der Waals surface area contributed by atoms with Crippen LogP contribution in [0.2, 0.25) is 0 Å². The van der Waals surface area contributed by atoms with E-state index in [4.69, 9.17) is 9.84 Å². The van der Waals surface area contributed by atoms with Crippen molar-refractivity contribution in [3.63, 3.8) is 0 Å². The highest BCUT2D eigenvalue weighted by molar-refractivity contribution is 5.85. The molecule has 2 rings (SSSR count). The molecule has 2 fully saturated rings. The zero-order valence-electron chi connectivity index (χ0n) is 9.96. The van der Waals surface area contributed by atoms with Gasteiger partial charge in [0, 0.05) is 6.04 Å². The van der Waals surface area contributed by atoms with Crippen molar-refractivity contribution in [2.24, 2.45) is 0 Å². The number of morpholine rings is 1. The molecule has 0 radical (unpaired) electrons. The first-order chi connectivity index (χ1) is 8.09. The van der Waals surface area contributed by atoms with Gasteiger partial charge < -0.3 is 19.6 Å². The Morgan fingerprint density at radius 3 is 2.65 bits per heavy atom. The van der Waals surface area contributed by atoms with Gasteiger partial charge in [-0.1, -0.05) is 0 Å². The molecule has 6 nitrogen and oxygen atoms in total. The summed E-state index contributed by atoms with van der Waals surface area (Å²) in [7, 11) is 2.03. The number of hydrogen-bond acceptors (Lipinski definition) is 4. The standard InChI is InChI=1S/C11H18N2O4/c1-12-4-2-8(3-5-12)13-9(11(15)16)6-17-7-10(13)14/h8-9H,2-7H2,1H3,(H,15,16). The van der Waals surface area contributed by atoms with Gasteiger partial charge in [-0.05, 0) is 33.0 Å². The molecule has 0 saturated carbocycles. The maximum atomic E-state index is 11.8. The summed E-state index contributed by atoms with van der Waals surface area (Å²) >= 11 is 0. The molecule has 0 aromatic carbocycles. The summed E-state index contributed by atoms with van der Waals surface area (Å²) in [6, 6.07) is -0.770. The van der Waals surface area contributed by atoms with E-state index in [1.165, 1.54) is 4.90 Å². The van der Waals surface area contributed by atoms with E-state index < -0.39 is 12.0 Å². The van der Waals surface area contributed by atoms with Crippen LogP contribution >= 0.6 is 0 Å². The van der Waals surface area contributed by atoms with Crippen LogP contribution in [0.15, 0.2) is 0 Å². The quantitative estimate of drug-likeness (QED) is 0.699. The fraction of sp³-hybridized carbons (Fsp3) is 0.818. The van der Waals surface area contributed by atoms with Gasteiger partial charge in [0.2, 0.25) is 5.91 Å². The van der Waals surface area contributed by atoms with Gasteiger partial charge >= 0.3 is 5.97 Å². The van der Waals surface area contributed by atoms with Crippen LogP contribution in [-0.2, 0) is 14.3 Å². The molecule has 2 aliphatic rings. The summed E-state index contributed by atoms with van der Waals surface area (Å²) in [5.41, 5.74) is 0. The maximum absolute atomic E-state index is 11.8. The van der Waals surface area contributed by atoms with Crippen molar-refractivity contribution < 1.29 is 19.4 Å². The largest absolute Gasteiger partial charge is 0.480 e. The Hall–Kier alpha value is -1.14. The molecular formula is C11H18N2O4. The van der Waals surface area contributed by atoms with Crippen LogP contribution in [-0.4, -0.2) is 72.2 Å². The van der Waals surface area contributed by atoms with E-state index in [0.717, 1.165) is 25.9 Å². The van der Waals surface area contributed by atoms with Crippen LogP contribution in [0.1, 0.15) is 12.8 Å². The average Bonchev–Trinajstić information content (AvgIpc) is 2.30. The number of carbonyl (C=O) groups excluding carboxylic acids is 1. The van der Waals surface area contributed by atoms with Crippen molar-refractivity contribution in [2.45, 2.75) is 24.9 Å². The Balaban J connectivity index is 2.08. The lowest BCUT2D eigenvalue weighted by Crippen LogP contribution is -2.59. The lowest BCUT2D eigenvalue weighted by atomic mass is 10.0. The fourth-order valence-electron chi connectivity index (χ4n) is 2.51. The third-order valence-corrected chi connectivity index (χ3v) is 3.49. The third kappa shape index (κ3) is 2.58. The van der Waals surface area contributed by atoms with Gasteiger partial charge in [-0.15, -0.1) is 0 Å². The van der Waals surface area contributed by atoms with Crippen molar-refractivity contribution in [3.05, 3.63) is 0 Å². The number of rotatable bonds is 2. The Morgan fingerprint density at radius 1 is 1.41 bits per heavy atom. The van der Waals surface area contributed by atoms with Crippen molar-refractivity contribution in [1.82, 2.24) is 9.80 Å². The zero-order chi connectivity index (χ0) is 12.4. The van der Waals surface area contributed by atoms with Gasteiger partial charge in [0.1, 0.15) is 6.61 Å². The number of carboxylic acids is 1. The van der Waals surface area contributed by atoms with Crippen molar-refractivity contribution in [1.29, 1.82) is 0 Å². The molecular weight excluding hydrogens is 224 g/mol. The normalized spacial score (nSPS) is 28.4. The van der Waals surface area contributed by atoms with Crippen molar-refractivity contribution in [2.75, 3.05) is 33.4 Å². The van der Waals surface area contributed by atoms with Gasteiger partial charge in [-0.3, -0.25) is 4.79 Å². The van der Waals surface area contributed by atoms with E-state index in [1.807, 2.05) is 7.05 Å². The predicted molar refractivity (Wildman–Crippen MR) is 59.6 cm³/mol. The number of hydrogen-bond donors (Lipinski definition) is 1. The van der Waals surface area contributed by atoms with Crippen LogP contribution in [0.25, 0.3) is 0 Å². The molecule has 2 heterocycles. The monoisotopic (exact) mass is 242 g/mol. The fourth-order valence-corrected chi connectivity index (χ4v) is 2.51. The second kappa shape index (κ2) is 5.01. The van der Waals surface area contributed by atoms with Gasteiger partial charge in [0.15, 0.2) is 6.04 Å². The SMILES string of the molecule is CN1CCC(N2C(=O)COCC2C(=O)O)CC1. The highest BCUT2D eigenvalue weighted by Gasteiger charge is 2.39. The molecule has 0 aromatic rings. The Labute approximate surface area is 100 Å². The lowest BCUT2D eigenvalue weighted by molar-refractivity contribution is -0.167. The van der Waals surface area contributed by atoms with Crippen LogP contribution in [0.3, 0.4) is 0 Å². The molecule has 17 heavy (non-hydrogen) atoms. The molecule has 96 valence electrons. The molecule has 2 saturated heterocycles. The molecule has 2 aliphatic heterocycles. The number of carboxylic acid groups (broad SMARTS) is 1. The number of aliphatic carboxylic acids is 1. The number of ether oxygens (including phenoxy) is 1. The number of carbonyl (C=O) groups is 2. The Bertz CT molecular complexity index is 313. The smallest absolute Gasteiger partial charge is 0.328 e. The summed E-state index contributed by atoms with van der Waals surface area (Å²) in [6.07, 6.45) is 1.68. The van der Waals surface area contributed by atoms with E-state index in [0.29, 0.717) is 0 Å². The molecule has 1 amide bonds. The zero-order valence-corrected chi connectivity index (χ0v) is 9.96. The number of piperidine rings is 1. The number of nitrogens with zero attached hydrogens (tertiary/aromatic N) is 2. The number of amides is 1. The van der Waals surface area contributed by atoms with Crippen molar-refractivity contribution >= 4 is 11.9 Å². The highest BCUT2D eigenvalue weighted by Crippen LogP contribution is 2.21. The molecule has 0 bridgehead atoms. The molecule has 1 N–H and O–H groups in total.